The van der Waals surface area contributed by atoms with Crippen molar-refractivity contribution in [3.05, 3.63) is 96.1 Å². The van der Waals surface area contributed by atoms with Crippen LogP contribution in [0.25, 0.3) is 0 Å². The second kappa shape index (κ2) is 7.48. The third-order valence-electron chi connectivity index (χ3n) is 3.47. The first-order valence-electron chi connectivity index (χ1n) is 7.46. The van der Waals surface area contributed by atoms with Gasteiger partial charge in [-0.05, 0) is 29.8 Å². The smallest absolute Gasteiger partial charge is 0.0544 e. The van der Waals surface area contributed by atoms with Crippen molar-refractivity contribution in [1.29, 1.82) is 0 Å². The average Bonchev–Trinajstić information content (AvgIpc) is 2.57. The van der Waals surface area contributed by atoms with Gasteiger partial charge in [-0.15, -0.1) is 0 Å². The van der Waals surface area contributed by atoms with Gasteiger partial charge < -0.3 is 0 Å². The summed E-state index contributed by atoms with van der Waals surface area (Å²) in [4.78, 5) is 11.2. The molecule has 0 aliphatic heterocycles. The van der Waals surface area contributed by atoms with Gasteiger partial charge in [0.1, 0.15) is 0 Å². The lowest BCUT2D eigenvalue weighted by atomic mass is 10.2. The van der Waals surface area contributed by atoms with Crippen LogP contribution in [0.15, 0.2) is 79.1 Å². The summed E-state index contributed by atoms with van der Waals surface area (Å²) in [5.41, 5.74) is 3.46. The van der Waals surface area contributed by atoms with E-state index < -0.39 is 0 Å². The van der Waals surface area contributed by atoms with Crippen LogP contribution < -0.4 is 0 Å². The zero-order chi connectivity index (χ0) is 15.0. The van der Waals surface area contributed by atoms with Gasteiger partial charge >= 0.3 is 0 Å². The minimum absolute atomic E-state index is 0.812. The molecule has 3 heteroatoms. The van der Waals surface area contributed by atoms with Crippen molar-refractivity contribution in [2.45, 2.75) is 19.6 Å². The Labute approximate surface area is 131 Å². The molecule has 0 aliphatic carbocycles. The molecule has 0 N–H and O–H groups in total. The summed E-state index contributed by atoms with van der Waals surface area (Å²) in [6.07, 6.45) is 3.69. The number of nitrogens with zero attached hydrogens (tertiary/aromatic N) is 3. The van der Waals surface area contributed by atoms with Crippen LogP contribution >= 0.6 is 0 Å². The van der Waals surface area contributed by atoms with Crippen LogP contribution in [0.2, 0.25) is 0 Å². The number of rotatable bonds is 6. The van der Waals surface area contributed by atoms with E-state index in [2.05, 4.69) is 51.3 Å². The first-order valence-corrected chi connectivity index (χ1v) is 7.46. The molecule has 2 aromatic heterocycles. The highest BCUT2D eigenvalue weighted by Gasteiger charge is 2.09. The van der Waals surface area contributed by atoms with Crippen molar-refractivity contribution < 1.29 is 0 Å². The number of hydrogen-bond donors (Lipinski definition) is 0. The maximum atomic E-state index is 4.44. The minimum atomic E-state index is 0.812. The molecule has 0 amide bonds. The van der Waals surface area contributed by atoms with Crippen molar-refractivity contribution in [2.24, 2.45) is 0 Å². The molecule has 0 unspecified atom stereocenters. The molecule has 3 rings (SSSR count). The summed E-state index contributed by atoms with van der Waals surface area (Å²) in [7, 11) is 0. The van der Waals surface area contributed by atoms with E-state index in [1.165, 1.54) is 5.56 Å². The fraction of sp³-hybridized carbons (Fsp3) is 0.158. The van der Waals surface area contributed by atoms with Gasteiger partial charge in [0, 0.05) is 32.0 Å². The Hall–Kier alpha value is -2.52. The Bertz CT molecular complexity index is 570. The molecule has 0 fully saturated rings. The Morgan fingerprint density at radius 1 is 0.591 bits per heavy atom. The Balaban J connectivity index is 1.75. The summed E-state index contributed by atoms with van der Waals surface area (Å²) in [6.45, 7) is 2.51. The third kappa shape index (κ3) is 4.24. The lowest BCUT2D eigenvalue weighted by Crippen LogP contribution is -2.23. The van der Waals surface area contributed by atoms with Crippen LogP contribution in [-0.2, 0) is 19.6 Å². The molecule has 22 heavy (non-hydrogen) atoms. The molecule has 0 bridgehead atoms. The number of hydrogen-bond acceptors (Lipinski definition) is 3. The summed E-state index contributed by atoms with van der Waals surface area (Å²) < 4.78 is 0. The molecular weight excluding hydrogens is 270 g/mol. The second-order valence-corrected chi connectivity index (χ2v) is 5.27. The van der Waals surface area contributed by atoms with Crippen molar-refractivity contribution in [3.8, 4) is 0 Å². The third-order valence-corrected chi connectivity index (χ3v) is 3.47. The number of pyridine rings is 2. The van der Waals surface area contributed by atoms with Crippen molar-refractivity contribution in [3.63, 3.8) is 0 Å². The van der Waals surface area contributed by atoms with E-state index in [0.29, 0.717) is 0 Å². The Morgan fingerprint density at radius 2 is 1.14 bits per heavy atom. The monoisotopic (exact) mass is 289 g/mol. The average molecular weight is 289 g/mol. The van der Waals surface area contributed by atoms with Crippen molar-refractivity contribution in [1.82, 2.24) is 14.9 Å². The van der Waals surface area contributed by atoms with Gasteiger partial charge in [0.2, 0.25) is 0 Å². The lowest BCUT2D eigenvalue weighted by molar-refractivity contribution is 0.242. The molecular formula is C19H19N3. The summed E-state index contributed by atoms with van der Waals surface area (Å²) in [6, 6.07) is 22.6. The van der Waals surface area contributed by atoms with E-state index in [0.717, 1.165) is 31.0 Å². The largest absolute Gasteiger partial charge is 0.287 e. The Morgan fingerprint density at radius 3 is 1.64 bits per heavy atom. The first kappa shape index (κ1) is 14.4. The van der Waals surface area contributed by atoms with E-state index in [4.69, 9.17) is 0 Å². The van der Waals surface area contributed by atoms with Gasteiger partial charge in [-0.2, -0.15) is 0 Å². The van der Waals surface area contributed by atoms with E-state index in [9.17, 15) is 0 Å². The van der Waals surface area contributed by atoms with Gasteiger partial charge in [-0.25, -0.2) is 0 Å². The summed E-state index contributed by atoms with van der Waals surface area (Å²) in [5, 5.41) is 0. The quantitative estimate of drug-likeness (QED) is 0.693. The van der Waals surface area contributed by atoms with Gasteiger partial charge in [0.05, 0.1) is 11.4 Å². The highest BCUT2D eigenvalue weighted by Crippen LogP contribution is 2.11. The van der Waals surface area contributed by atoms with Crippen LogP contribution in [0.3, 0.4) is 0 Å². The van der Waals surface area contributed by atoms with Gasteiger partial charge in [0.15, 0.2) is 0 Å². The molecule has 0 saturated heterocycles. The zero-order valence-electron chi connectivity index (χ0n) is 12.5. The summed E-state index contributed by atoms with van der Waals surface area (Å²) >= 11 is 0. The molecule has 0 radical (unpaired) electrons. The minimum Gasteiger partial charge on any atom is -0.287 e. The van der Waals surface area contributed by atoms with Gasteiger partial charge in [-0.3, -0.25) is 14.9 Å². The van der Waals surface area contributed by atoms with E-state index in [1.807, 2.05) is 42.7 Å². The van der Waals surface area contributed by atoms with E-state index >= 15 is 0 Å². The first-order chi connectivity index (χ1) is 10.9. The molecule has 110 valence electrons. The molecule has 3 aromatic rings. The van der Waals surface area contributed by atoms with Gasteiger partial charge in [0.25, 0.3) is 0 Å². The zero-order valence-corrected chi connectivity index (χ0v) is 12.5. The predicted molar refractivity (Wildman–Crippen MR) is 87.9 cm³/mol. The number of benzene rings is 1. The van der Waals surface area contributed by atoms with Crippen LogP contribution in [-0.4, -0.2) is 14.9 Å². The van der Waals surface area contributed by atoms with Crippen molar-refractivity contribution in [2.75, 3.05) is 0 Å². The molecule has 0 spiro atoms. The lowest BCUT2D eigenvalue weighted by Gasteiger charge is -2.21. The molecule has 2 heterocycles. The van der Waals surface area contributed by atoms with Crippen LogP contribution in [0.4, 0.5) is 0 Å². The maximum absolute atomic E-state index is 4.44. The van der Waals surface area contributed by atoms with Crippen LogP contribution in [0.5, 0.6) is 0 Å². The van der Waals surface area contributed by atoms with Crippen LogP contribution in [0.1, 0.15) is 17.0 Å². The van der Waals surface area contributed by atoms with E-state index in [-0.39, 0.29) is 0 Å². The standard InChI is InChI=1S/C19H19N3/c1-2-8-17(9-3-1)14-22(15-18-10-4-6-12-20-18)16-19-11-5-7-13-21-19/h1-13H,14-16H2. The normalized spacial score (nSPS) is 10.8. The molecule has 0 atom stereocenters. The SMILES string of the molecule is c1ccc(CN(Cc2ccccn2)Cc2ccccn2)cc1. The van der Waals surface area contributed by atoms with E-state index in [1.54, 1.807) is 0 Å². The van der Waals surface area contributed by atoms with Gasteiger partial charge in [-0.1, -0.05) is 42.5 Å². The highest BCUT2D eigenvalue weighted by atomic mass is 15.1. The van der Waals surface area contributed by atoms with Crippen LogP contribution in [0, 0.1) is 0 Å². The fourth-order valence-electron chi connectivity index (χ4n) is 2.45. The number of aromatic nitrogens is 2. The fourth-order valence-corrected chi connectivity index (χ4v) is 2.45. The highest BCUT2D eigenvalue weighted by molar-refractivity contribution is 5.15. The molecule has 3 nitrogen and oxygen atoms in total. The predicted octanol–water partition coefficient (Wildman–Crippen LogP) is 3.68. The van der Waals surface area contributed by atoms with Crippen molar-refractivity contribution >= 4 is 0 Å². The topological polar surface area (TPSA) is 29.0 Å². The summed E-state index contributed by atoms with van der Waals surface area (Å²) in [5.74, 6) is 0. The maximum Gasteiger partial charge on any atom is 0.0544 e. The Kier molecular flexibility index (Phi) is 4.90. The second-order valence-electron chi connectivity index (χ2n) is 5.27. The molecule has 0 aliphatic rings. The molecule has 1 aromatic carbocycles. The molecule has 0 saturated carbocycles.